The Balaban J connectivity index is 2.19. The lowest BCUT2D eigenvalue weighted by Crippen LogP contribution is -2.57. The first-order chi connectivity index (χ1) is 4.24. The van der Waals surface area contributed by atoms with Gasteiger partial charge in [0.25, 0.3) is 0 Å². The van der Waals surface area contributed by atoms with Crippen molar-refractivity contribution in [2.45, 2.75) is 18.5 Å². The molecule has 0 radical (unpaired) electrons. The quantitative estimate of drug-likeness (QED) is 0.440. The Morgan fingerprint density at radius 1 is 1.78 bits per heavy atom. The summed E-state index contributed by atoms with van der Waals surface area (Å²) >= 11 is 0. The summed E-state index contributed by atoms with van der Waals surface area (Å²) in [6, 6.07) is -0.423. The fraction of sp³-hybridized carbons (Fsp3) is 0.800. The van der Waals surface area contributed by atoms with Crippen molar-refractivity contribution >= 4 is 5.97 Å². The largest absolute Gasteiger partial charge is 0.480 e. The molecular weight excluding hydrogens is 122 g/mol. The van der Waals surface area contributed by atoms with Crippen LogP contribution in [0.5, 0.6) is 0 Å². The monoisotopic (exact) mass is 131 g/mol. The number of rotatable bonds is 2. The van der Waals surface area contributed by atoms with Crippen LogP contribution in [0.4, 0.5) is 0 Å². The van der Waals surface area contributed by atoms with E-state index < -0.39 is 12.0 Å². The molecule has 0 aromatic carbocycles. The zero-order chi connectivity index (χ0) is 6.85. The number of aliphatic hydroxyl groups is 1. The minimum absolute atomic E-state index is 0.00565. The summed E-state index contributed by atoms with van der Waals surface area (Å²) in [4.78, 5) is 10.1. The molecule has 1 saturated heterocycles. The van der Waals surface area contributed by atoms with E-state index in [0.29, 0.717) is 6.42 Å². The van der Waals surface area contributed by atoms with Crippen molar-refractivity contribution in [1.82, 2.24) is 5.32 Å². The van der Waals surface area contributed by atoms with Gasteiger partial charge in [-0.05, 0) is 6.42 Å². The molecule has 52 valence electrons. The normalized spacial score (nSPS) is 33.4. The Morgan fingerprint density at radius 2 is 2.33 bits per heavy atom. The first kappa shape index (κ1) is 6.51. The van der Waals surface area contributed by atoms with Gasteiger partial charge in [0.05, 0.1) is 6.61 Å². The van der Waals surface area contributed by atoms with E-state index in [4.69, 9.17) is 10.2 Å². The Kier molecular flexibility index (Phi) is 1.68. The van der Waals surface area contributed by atoms with Crippen molar-refractivity contribution in [3.63, 3.8) is 0 Å². The molecule has 0 bridgehead atoms. The minimum atomic E-state index is -0.834. The molecule has 0 aromatic rings. The zero-order valence-electron chi connectivity index (χ0n) is 4.87. The smallest absolute Gasteiger partial charge is 0.320 e. The molecule has 1 rings (SSSR count). The van der Waals surface area contributed by atoms with Crippen molar-refractivity contribution in [1.29, 1.82) is 0 Å². The number of nitrogens with one attached hydrogen (secondary N) is 1. The summed E-state index contributed by atoms with van der Waals surface area (Å²) in [5, 5.41) is 19.4. The van der Waals surface area contributed by atoms with E-state index in [2.05, 4.69) is 5.32 Å². The number of carboxylic acids is 1. The number of carbonyl (C=O) groups is 1. The Bertz CT molecular complexity index is 119. The summed E-state index contributed by atoms with van der Waals surface area (Å²) in [5.41, 5.74) is 0. The molecule has 2 atom stereocenters. The number of hydrogen-bond acceptors (Lipinski definition) is 3. The third-order valence-corrected chi connectivity index (χ3v) is 1.48. The molecule has 0 aromatic heterocycles. The molecular formula is C5H9NO3. The summed E-state index contributed by atoms with van der Waals surface area (Å²) in [7, 11) is 0. The molecule has 0 aliphatic carbocycles. The molecule has 0 unspecified atom stereocenters. The fourth-order valence-corrected chi connectivity index (χ4v) is 0.844. The molecule has 9 heavy (non-hydrogen) atoms. The van der Waals surface area contributed by atoms with Gasteiger partial charge >= 0.3 is 5.97 Å². The third kappa shape index (κ3) is 1.20. The van der Waals surface area contributed by atoms with Gasteiger partial charge in [-0.2, -0.15) is 0 Å². The average Bonchev–Trinajstić information content (AvgIpc) is 1.61. The number of hydrogen-bond donors (Lipinski definition) is 3. The standard InChI is InChI=1S/C5H9NO3/c7-2-3-1-4(6-3)5(8)9/h3-4,6-7H,1-2H2,(H,8,9)/t3-,4+/m0/s1. The van der Waals surface area contributed by atoms with Crippen molar-refractivity contribution < 1.29 is 15.0 Å². The summed E-state index contributed by atoms with van der Waals surface area (Å²) in [6.07, 6.45) is 0.547. The maximum atomic E-state index is 10.1. The van der Waals surface area contributed by atoms with Crippen LogP contribution in [-0.2, 0) is 4.79 Å². The lowest BCUT2D eigenvalue weighted by atomic mass is 9.98. The third-order valence-electron chi connectivity index (χ3n) is 1.48. The maximum absolute atomic E-state index is 10.1. The first-order valence-electron chi connectivity index (χ1n) is 2.83. The van der Waals surface area contributed by atoms with Crippen LogP contribution in [0.3, 0.4) is 0 Å². The van der Waals surface area contributed by atoms with Gasteiger partial charge in [0.15, 0.2) is 0 Å². The van der Waals surface area contributed by atoms with Gasteiger partial charge in [0, 0.05) is 6.04 Å². The SMILES string of the molecule is O=C(O)[C@H]1C[C@@H](CO)N1. The Hall–Kier alpha value is -0.610. The topological polar surface area (TPSA) is 69.6 Å². The molecule has 1 aliphatic rings. The van der Waals surface area contributed by atoms with E-state index in [-0.39, 0.29) is 12.6 Å². The predicted octanol–water partition coefficient (Wildman–Crippen LogP) is -1.21. The van der Waals surface area contributed by atoms with Gasteiger partial charge in [-0.15, -0.1) is 0 Å². The predicted molar refractivity (Wildman–Crippen MR) is 30.1 cm³/mol. The summed E-state index contributed by atoms with van der Waals surface area (Å²) in [6.45, 7) is 0.0315. The van der Waals surface area contributed by atoms with E-state index >= 15 is 0 Å². The van der Waals surface area contributed by atoms with E-state index in [0.717, 1.165) is 0 Å². The van der Waals surface area contributed by atoms with Gasteiger partial charge in [-0.3, -0.25) is 10.1 Å². The van der Waals surface area contributed by atoms with Gasteiger partial charge in [0.1, 0.15) is 6.04 Å². The highest BCUT2D eigenvalue weighted by atomic mass is 16.4. The lowest BCUT2D eigenvalue weighted by molar-refractivity contribution is -0.142. The van der Waals surface area contributed by atoms with Crippen LogP contribution in [-0.4, -0.2) is 34.9 Å². The van der Waals surface area contributed by atoms with Crippen LogP contribution in [0, 0.1) is 0 Å². The first-order valence-corrected chi connectivity index (χ1v) is 2.83. The second-order valence-corrected chi connectivity index (χ2v) is 2.17. The van der Waals surface area contributed by atoms with E-state index in [1.807, 2.05) is 0 Å². The maximum Gasteiger partial charge on any atom is 0.320 e. The fourth-order valence-electron chi connectivity index (χ4n) is 0.844. The van der Waals surface area contributed by atoms with E-state index in [1.54, 1.807) is 0 Å². The molecule has 0 saturated carbocycles. The summed E-state index contributed by atoms with van der Waals surface area (Å²) in [5.74, 6) is -0.834. The van der Waals surface area contributed by atoms with E-state index in [9.17, 15) is 4.79 Å². The second-order valence-electron chi connectivity index (χ2n) is 2.17. The van der Waals surface area contributed by atoms with Crippen LogP contribution in [0.2, 0.25) is 0 Å². The lowest BCUT2D eigenvalue weighted by Gasteiger charge is -2.32. The highest BCUT2D eigenvalue weighted by Crippen LogP contribution is 2.10. The highest BCUT2D eigenvalue weighted by molar-refractivity contribution is 5.74. The second kappa shape index (κ2) is 2.33. The van der Waals surface area contributed by atoms with Crippen LogP contribution < -0.4 is 5.32 Å². The van der Waals surface area contributed by atoms with Gasteiger partial charge in [0.2, 0.25) is 0 Å². The number of aliphatic carboxylic acids is 1. The molecule has 3 N–H and O–H groups in total. The van der Waals surface area contributed by atoms with Crippen LogP contribution in [0.15, 0.2) is 0 Å². The van der Waals surface area contributed by atoms with Crippen LogP contribution >= 0.6 is 0 Å². The van der Waals surface area contributed by atoms with E-state index in [1.165, 1.54) is 0 Å². The average molecular weight is 131 g/mol. The molecule has 0 amide bonds. The van der Waals surface area contributed by atoms with Crippen molar-refractivity contribution in [3.8, 4) is 0 Å². The van der Waals surface area contributed by atoms with Crippen LogP contribution in [0.25, 0.3) is 0 Å². The zero-order valence-corrected chi connectivity index (χ0v) is 4.87. The molecule has 4 heteroatoms. The van der Waals surface area contributed by atoms with Gasteiger partial charge in [-0.25, -0.2) is 0 Å². The Labute approximate surface area is 52.5 Å². The van der Waals surface area contributed by atoms with Gasteiger partial charge < -0.3 is 10.2 Å². The molecule has 0 spiro atoms. The van der Waals surface area contributed by atoms with Crippen molar-refractivity contribution in [3.05, 3.63) is 0 Å². The molecule has 1 heterocycles. The molecule has 4 nitrogen and oxygen atoms in total. The minimum Gasteiger partial charge on any atom is -0.480 e. The highest BCUT2D eigenvalue weighted by Gasteiger charge is 2.32. The number of aliphatic hydroxyl groups excluding tert-OH is 1. The van der Waals surface area contributed by atoms with Crippen molar-refractivity contribution in [2.24, 2.45) is 0 Å². The molecule has 1 fully saturated rings. The summed E-state index contributed by atoms with van der Waals surface area (Å²) < 4.78 is 0. The van der Waals surface area contributed by atoms with Gasteiger partial charge in [-0.1, -0.05) is 0 Å². The van der Waals surface area contributed by atoms with Crippen LogP contribution in [0.1, 0.15) is 6.42 Å². The molecule has 1 aliphatic heterocycles. The van der Waals surface area contributed by atoms with Crippen molar-refractivity contribution in [2.75, 3.05) is 6.61 Å². The number of carboxylic acid groups (broad SMARTS) is 1. The Morgan fingerprint density at radius 3 is 2.67 bits per heavy atom.